The molecule has 0 radical (unpaired) electrons. The first kappa shape index (κ1) is 18.8. The molecule has 0 amide bonds. The number of aromatic nitrogens is 1. The third-order valence-electron chi connectivity index (χ3n) is 4.60. The molecule has 1 atom stereocenters. The summed E-state index contributed by atoms with van der Waals surface area (Å²) in [5, 5.41) is 14.2. The Labute approximate surface area is 156 Å². The third-order valence-corrected chi connectivity index (χ3v) is 6.78. The zero-order valence-corrected chi connectivity index (χ0v) is 16.3. The summed E-state index contributed by atoms with van der Waals surface area (Å²) >= 11 is 1.65. The highest BCUT2D eigenvalue weighted by Gasteiger charge is 2.28. The van der Waals surface area contributed by atoms with E-state index in [1.807, 2.05) is 4.90 Å². The van der Waals surface area contributed by atoms with Crippen LogP contribution in [-0.2, 0) is 16.3 Å². The lowest BCUT2D eigenvalue weighted by Gasteiger charge is -2.34. The van der Waals surface area contributed by atoms with Gasteiger partial charge < -0.3 is 4.90 Å². The average Bonchev–Trinajstić information content (AvgIpc) is 3.10. The van der Waals surface area contributed by atoms with Crippen molar-refractivity contribution in [3.63, 3.8) is 0 Å². The van der Waals surface area contributed by atoms with Crippen molar-refractivity contribution < 1.29 is 13.3 Å². The number of nitrogens with zero attached hydrogens (tertiary/aromatic N) is 3. The first-order valence-electron chi connectivity index (χ1n) is 8.47. The van der Waals surface area contributed by atoms with Crippen molar-refractivity contribution in [2.24, 2.45) is 0 Å². The Balaban J connectivity index is 1.93. The predicted octanol–water partition coefficient (Wildman–Crippen LogP) is 3.40. The van der Waals surface area contributed by atoms with E-state index in [2.05, 4.69) is 17.3 Å². The molecule has 1 saturated heterocycles. The van der Waals surface area contributed by atoms with E-state index in [0.29, 0.717) is 12.2 Å². The fourth-order valence-electron chi connectivity index (χ4n) is 3.24. The van der Waals surface area contributed by atoms with E-state index in [0.717, 1.165) is 48.8 Å². The highest BCUT2D eigenvalue weighted by Crippen LogP contribution is 2.35. The molecule has 1 aromatic carbocycles. The molecule has 2 heterocycles. The summed E-state index contributed by atoms with van der Waals surface area (Å²) in [7, 11) is -3.58. The van der Waals surface area contributed by atoms with Gasteiger partial charge in [0.2, 0.25) is 0 Å². The van der Waals surface area contributed by atoms with E-state index in [4.69, 9.17) is 0 Å². The van der Waals surface area contributed by atoms with Crippen LogP contribution in [0.15, 0.2) is 28.5 Å². The Kier molecular flexibility index (Phi) is 5.29. The molecule has 0 spiro atoms. The van der Waals surface area contributed by atoms with Crippen molar-refractivity contribution in [3.05, 3.63) is 44.4 Å². The highest BCUT2D eigenvalue weighted by atomic mass is 32.2. The zero-order chi connectivity index (χ0) is 18.9. The number of hydrogen-bond donors (Lipinski definition) is 0. The third kappa shape index (κ3) is 3.88. The molecular weight excluding hydrogens is 374 g/mol. The first-order chi connectivity index (χ1) is 12.3. The van der Waals surface area contributed by atoms with Crippen molar-refractivity contribution in [1.82, 2.24) is 4.98 Å². The van der Waals surface area contributed by atoms with Crippen LogP contribution in [0.5, 0.6) is 0 Å². The van der Waals surface area contributed by atoms with Crippen molar-refractivity contribution in [3.8, 4) is 0 Å². The molecule has 9 heteroatoms. The number of aryl methyl sites for hydroxylation is 1. The van der Waals surface area contributed by atoms with Gasteiger partial charge in [0.25, 0.3) is 5.69 Å². The van der Waals surface area contributed by atoms with Gasteiger partial charge in [-0.15, -0.1) is 11.3 Å². The molecular formula is C17H21N3O4S2. The summed E-state index contributed by atoms with van der Waals surface area (Å²) in [5.41, 5.74) is 1.40. The summed E-state index contributed by atoms with van der Waals surface area (Å²) in [6.45, 7) is 3.46. The van der Waals surface area contributed by atoms with Crippen molar-refractivity contribution in [1.29, 1.82) is 0 Å². The summed E-state index contributed by atoms with van der Waals surface area (Å²) in [6.07, 6.45) is 3.92. The number of nitro benzene ring substituents is 1. The normalized spacial score (nSPS) is 18.1. The molecule has 1 aliphatic heterocycles. The van der Waals surface area contributed by atoms with Crippen LogP contribution in [-0.4, -0.2) is 37.7 Å². The Bertz CT molecular complexity index is 924. The van der Waals surface area contributed by atoms with Crippen LogP contribution >= 0.6 is 11.3 Å². The number of rotatable bonds is 5. The lowest BCUT2D eigenvalue weighted by molar-refractivity contribution is -0.385. The predicted molar refractivity (Wildman–Crippen MR) is 102 cm³/mol. The topological polar surface area (TPSA) is 93.4 Å². The lowest BCUT2D eigenvalue weighted by atomic mass is 9.98. The lowest BCUT2D eigenvalue weighted by Crippen LogP contribution is -2.35. The second-order valence-electron chi connectivity index (χ2n) is 6.50. The van der Waals surface area contributed by atoms with Gasteiger partial charge >= 0.3 is 0 Å². The van der Waals surface area contributed by atoms with E-state index in [1.54, 1.807) is 17.4 Å². The smallest absolute Gasteiger partial charge is 0.270 e. The SMILES string of the molecule is CCc1csc(C2CCCN(c3ccc([N+](=O)[O-])cc3S(C)(=O)=O)C2)n1. The largest absolute Gasteiger partial charge is 0.370 e. The van der Waals surface area contributed by atoms with Gasteiger partial charge in [-0.1, -0.05) is 6.92 Å². The van der Waals surface area contributed by atoms with Gasteiger partial charge in [0, 0.05) is 42.8 Å². The van der Waals surface area contributed by atoms with Gasteiger partial charge in [0.15, 0.2) is 9.84 Å². The van der Waals surface area contributed by atoms with Gasteiger partial charge in [0.1, 0.15) is 0 Å². The maximum Gasteiger partial charge on any atom is 0.270 e. The molecule has 1 aliphatic rings. The number of piperidine rings is 1. The minimum absolute atomic E-state index is 0.0146. The molecule has 7 nitrogen and oxygen atoms in total. The Morgan fingerprint density at radius 1 is 1.42 bits per heavy atom. The second kappa shape index (κ2) is 7.32. The molecule has 140 valence electrons. The Morgan fingerprint density at radius 2 is 2.19 bits per heavy atom. The van der Waals surface area contributed by atoms with Gasteiger partial charge in [-0.3, -0.25) is 10.1 Å². The fourth-order valence-corrected chi connectivity index (χ4v) is 5.19. The van der Waals surface area contributed by atoms with E-state index < -0.39 is 14.8 Å². The molecule has 1 fully saturated rings. The molecule has 3 rings (SSSR count). The number of anilines is 1. The molecule has 1 aromatic heterocycles. The van der Waals surface area contributed by atoms with Crippen LogP contribution in [0.2, 0.25) is 0 Å². The molecule has 26 heavy (non-hydrogen) atoms. The second-order valence-corrected chi connectivity index (χ2v) is 9.37. The van der Waals surface area contributed by atoms with Crippen molar-refractivity contribution in [2.45, 2.75) is 37.0 Å². The summed E-state index contributed by atoms with van der Waals surface area (Å²) < 4.78 is 24.4. The molecule has 0 N–H and O–H groups in total. The van der Waals surface area contributed by atoms with Gasteiger partial charge in [-0.25, -0.2) is 13.4 Å². The molecule has 2 aromatic rings. The molecule has 0 bridgehead atoms. The van der Waals surface area contributed by atoms with E-state index >= 15 is 0 Å². The van der Waals surface area contributed by atoms with Crippen molar-refractivity contribution in [2.75, 3.05) is 24.2 Å². The number of sulfone groups is 1. The van der Waals surface area contributed by atoms with Crippen molar-refractivity contribution >= 4 is 32.5 Å². The minimum Gasteiger partial charge on any atom is -0.370 e. The Morgan fingerprint density at radius 3 is 2.81 bits per heavy atom. The maximum absolute atomic E-state index is 12.2. The average molecular weight is 396 g/mol. The summed E-state index contributed by atoms with van der Waals surface area (Å²) in [6, 6.07) is 4.08. The van der Waals surface area contributed by atoms with E-state index in [-0.39, 0.29) is 16.5 Å². The summed E-state index contributed by atoms with van der Waals surface area (Å²) in [5.74, 6) is 0.247. The Hall–Kier alpha value is -2.00. The fraction of sp³-hybridized carbons (Fsp3) is 0.471. The molecule has 0 saturated carbocycles. The highest BCUT2D eigenvalue weighted by molar-refractivity contribution is 7.90. The van der Waals surface area contributed by atoms with Crippen LogP contribution in [0.3, 0.4) is 0 Å². The minimum atomic E-state index is -3.58. The maximum atomic E-state index is 12.2. The number of nitro groups is 1. The van der Waals surface area contributed by atoms with Crippen LogP contribution < -0.4 is 4.90 Å². The van der Waals surface area contributed by atoms with E-state index in [9.17, 15) is 18.5 Å². The quantitative estimate of drug-likeness (QED) is 0.569. The van der Waals surface area contributed by atoms with Crippen LogP contribution in [0.1, 0.15) is 36.4 Å². The first-order valence-corrected chi connectivity index (χ1v) is 11.2. The van der Waals surface area contributed by atoms with Crippen LogP contribution in [0.25, 0.3) is 0 Å². The van der Waals surface area contributed by atoms with Crippen LogP contribution in [0.4, 0.5) is 11.4 Å². The standard InChI is InChI=1S/C17H21N3O4S2/c1-3-13-11-25-17(18-13)12-5-4-8-19(10-12)15-7-6-14(20(21)22)9-16(15)26(2,23)24/h6-7,9,11-12H,3-5,8,10H2,1-2H3. The van der Waals surface area contributed by atoms with E-state index in [1.165, 1.54) is 6.07 Å². The van der Waals surface area contributed by atoms with Gasteiger partial charge in [0.05, 0.1) is 26.2 Å². The number of non-ortho nitro benzene ring substituents is 1. The monoisotopic (exact) mass is 395 g/mol. The van der Waals surface area contributed by atoms with Gasteiger partial charge in [-0.05, 0) is 25.3 Å². The van der Waals surface area contributed by atoms with Gasteiger partial charge in [-0.2, -0.15) is 0 Å². The van der Waals surface area contributed by atoms with Crippen LogP contribution in [0, 0.1) is 10.1 Å². The zero-order valence-electron chi connectivity index (χ0n) is 14.7. The molecule has 1 unspecified atom stereocenters. The number of benzene rings is 1. The summed E-state index contributed by atoms with van der Waals surface area (Å²) in [4.78, 5) is 17.2. The number of hydrogen-bond acceptors (Lipinski definition) is 7. The molecule has 0 aliphatic carbocycles. The number of thiazole rings is 1.